The zero-order valence-corrected chi connectivity index (χ0v) is 17.6. The molecule has 1 aromatic carbocycles. The summed E-state index contributed by atoms with van der Waals surface area (Å²) in [5, 5.41) is 4.33. The minimum absolute atomic E-state index is 0.0648. The number of ether oxygens (including phenoxy) is 3. The molecule has 2 aromatic heterocycles. The number of rotatable bonds is 6. The Morgan fingerprint density at radius 2 is 1.82 bits per heavy atom. The van der Waals surface area contributed by atoms with Crippen molar-refractivity contribution in [3.05, 3.63) is 28.0 Å². The Morgan fingerprint density at radius 1 is 1.14 bits per heavy atom. The lowest BCUT2D eigenvalue weighted by Crippen LogP contribution is -2.11. The molecule has 28 heavy (non-hydrogen) atoms. The van der Waals surface area contributed by atoms with Gasteiger partial charge in [-0.2, -0.15) is 4.98 Å². The number of esters is 1. The van der Waals surface area contributed by atoms with Crippen molar-refractivity contribution < 1.29 is 19.0 Å². The smallest absolute Gasteiger partial charge is 0.350 e. The Hall–Kier alpha value is -2.65. The van der Waals surface area contributed by atoms with Gasteiger partial charge in [-0.15, -0.1) is 0 Å². The van der Waals surface area contributed by atoms with Crippen LogP contribution in [0, 0.1) is 6.92 Å². The van der Waals surface area contributed by atoms with Crippen molar-refractivity contribution in [2.24, 2.45) is 0 Å². The third-order valence-corrected chi connectivity index (χ3v) is 4.95. The summed E-state index contributed by atoms with van der Waals surface area (Å²) in [5.41, 5.74) is 1.15. The number of halogens is 1. The number of nitrogens with zero attached hydrogens (tertiary/aromatic N) is 3. The molecule has 10 heteroatoms. The first-order chi connectivity index (χ1) is 13.3. The Kier molecular flexibility index (Phi) is 5.85. The van der Waals surface area contributed by atoms with Crippen LogP contribution in [0.1, 0.15) is 29.2 Å². The maximum atomic E-state index is 12.2. The molecule has 0 bridgehead atoms. The van der Waals surface area contributed by atoms with Gasteiger partial charge in [-0.05, 0) is 38.4 Å². The van der Waals surface area contributed by atoms with Gasteiger partial charge in [0.1, 0.15) is 10.7 Å². The van der Waals surface area contributed by atoms with E-state index in [0.29, 0.717) is 43.9 Å². The zero-order valence-electron chi connectivity index (χ0n) is 16.0. The summed E-state index contributed by atoms with van der Waals surface area (Å²) in [5.74, 6) is 1.09. The van der Waals surface area contributed by atoms with E-state index in [2.05, 4.69) is 20.3 Å². The number of nitrogens with one attached hydrogen (secondary N) is 1. The molecule has 0 saturated carbocycles. The molecule has 3 aromatic rings. The number of benzene rings is 1. The fraction of sp³-hybridized carbons (Fsp3) is 0.333. The van der Waals surface area contributed by atoms with Gasteiger partial charge in [0, 0.05) is 11.5 Å². The summed E-state index contributed by atoms with van der Waals surface area (Å²) in [6.45, 7) is 5.34. The highest BCUT2D eigenvalue weighted by atomic mass is 35.5. The van der Waals surface area contributed by atoms with Crippen molar-refractivity contribution >= 4 is 50.8 Å². The lowest BCUT2D eigenvalue weighted by atomic mass is 10.2. The molecule has 0 aliphatic heterocycles. The predicted molar refractivity (Wildman–Crippen MR) is 108 cm³/mol. The van der Waals surface area contributed by atoms with E-state index in [1.807, 2.05) is 0 Å². The number of hydrogen-bond acceptors (Lipinski definition) is 9. The van der Waals surface area contributed by atoms with Gasteiger partial charge in [0.15, 0.2) is 16.6 Å². The molecule has 8 nitrogen and oxygen atoms in total. The molecule has 0 aliphatic carbocycles. The molecular weight excluding hydrogens is 404 g/mol. The summed E-state index contributed by atoms with van der Waals surface area (Å²) in [4.78, 5) is 25.5. The normalized spacial score (nSPS) is 11.0. The quantitative estimate of drug-likeness (QED) is 0.462. The molecule has 2 heterocycles. The van der Waals surface area contributed by atoms with E-state index in [4.69, 9.17) is 25.8 Å². The van der Waals surface area contributed by atoms with Gasteiger partial charge in [0.2, 0.25) is 5.28 Å². The van der Waals surface area contributed by atoms with Crippen LogP contribution in [0.25, 0.3) is 10.9 Å². The molecule has 0 amide bonds. The summed E-state index contributed by atoms with van der Waals surface area (Å²) in [6.07, 6.45) is -0.211. The second-order valence-corrected chi connectivity index (χ2v) is 7.42. The lowest BCUT2D eigenvalue weighted by Gasteiger charge is -2.11. The van der Waals surface area contributed by atoms with E-state index in [1.165, 1.54) is 11.3 Å². The van der Waals surface area contributed by atoms with Gasteiger partial charge in [-0.3, -0.25) is 0 Å². The first-order valence-corrected chi connectivity index (χ1v) is 9.56. The molecule has 0 atom stereocenters. The van der Waals surface area contributed by atoms with Gasteiger partial charge in [0.05, 0.1) is 31.5 Å². The van der Waals surface area contributed by atoms with Crippen molar-refractivity contribution in [2.75, 3.05) is 19.5 Å². The highest BCUT2D eigenvalue weighted by Gasteiger charge is 2.19. The second-order valence-electron chi connectivity index (χ2n) is 6.08. The van der Waals surface area contributed by atoms with Crippen molar-refractivity contribution in [2.45, 2.75) is 26.9 Å². The number of carbonyl (C=O) groups is 1. The number of fused-ring (bicyclic) bond motifs is 1. The van der Waals surface area contributed by atoms with Crippen molar-refractivity contribution in [1.82, 2.24) is 15.0 Å². The monoisotopic (exact) mass is 422 g/mol. The highest BCUT2D eigenvalue weighted by Crippen LogP contribution is 2.36. The topological polar surface area (TPSA) is 95.5 Å². The van der Waals surface area contributed by atoms with E-state index in [-0.39, 0.29) is 11.4 Å². The van der Waals surface area contributed by atoms with Crippen LogP contribution in [0.5, 0.6) is 11.5 Å². The van der Waals surface area contributed by atoms with Gasteiger partial charge in [-0.1, -0.05) is 11.3 Å². The number of aromatic nitrogens is 3. The van der Waals surface area contributed by atoms with Gasteiger partial charge >= 0.3 is 5.97 Å². The Morgan fingerprint density at radius 3 is 2.46 bits per heavy atom. The van der Waals surface area contributed by atoms with E-state index in [9.17, 15) is 4.79 Å². The van der Waals surface area contributed by atoms with Crippen LogP contribution >= 0.6 is 22.9 Å². The van der Waals surface area contributed by atoms with Crippen LogP contribution in [-0.2, 0) is 4.74 Å². The second kappa shape index (κ2) is 8.15. The standard InChI is InChI=1S/C18H19ClN4O4S/c1-8(2)27-16(24)14-9(3)20-18(28-14)23-15-10-6-12(25-4)13(26-5)7-11(10)21-17(19)22-15/h6-8H,1-5H3,(H,20,21,22,23). The van der Waals surface area contributed by atoms with E-state index < -0.39 is 5.97 Å². The van der Waals surface area contributed by atoms with Crippen LogP contribution < -0.4 is 14.8 Å². The van der Waals surface area contributed by atoms with Crippen LogP contribution in [-0.4, -0.2) is 41.2 Å². The Labute approximate surface area is 170 Å². The first-order valence-electron chi connectivity index (χ1n) is 8.37. The van der Waals surface area contributed by atoms with Crippen LogP contribution in [0.3, 0.4) is 0 Å². The Bertz CT molecular complexity index is 1040. The average Bonchev–Trinajstić information content (AvgIpc) is 3.00. The molecule has 0 radical (unpaired) electrons. The molecule has 3 rings (SSSR count). The maximum Gasteiger partial charge on any atom is 0.350 e. The molecular formula is C18H19ClN4O4S. The summed E-state index contributed by atoms with van der Waals surface area (Å²) < 4.78 is 15.9. The largest absolute Gasteiger partial charge is 0.493 e. The third-order valence-electron chi connectivity index (χ3n) is 3.72. The van der Waals surface area contributed by atoms with E-state index in [0.717, 1.165) is 0 Å². The van der Waals surface area contributed by atoms with Crippen molar-refractivity contribution in [3.63, 3.8) is 0 Å². The third kappa shape index (κ3) is 4.10. The summed E-state index contributed by atoms with van der Waals surface area (Å²) in [7, 11) is 3.09. The SMILES string of the molecule is COc1cc2nc(Cl)nc(Nc3nc(C)c(C(=O)OC(C)C)s3)c2cc1OC. The average molecular weight is 423 g/mol. The fourth-order valence-electron chi connectivity index (χ4n) is 2.53. The predicted octanol–water partition coefficient (Wildman–Crippen LogP) is 4.37. The minimum Gasteiger partial charge on any atom is -0.493 e. The van der Waals surface area contributed by atoms with E-state index in [1.54, 1.807) is 47.1 Å². The molecule has 0 aliphatic rings. The van der Waals surface area contributed by atoms with Gasteiger partial charge in [0.25, 0.3) is 0 Å². The number of carbonyl (C=O) groups excluding carboxylic acids is 1. The number of methoxy groups -OCH3 is 2. The number of aryl methyl sites for hydroxylation is 1. The highest BCUT2D eigenvalue weighted by molar-refractivity contribution is 7.17. The lowest BCUT2D eigenvalue weighted by molar-refractivity contribution is 0.0382. The molecule has 148 valence electrons. The number of anilines is 2. The van der Waals surface area contributed by atoms with Crippen molar-refractivity contribution in [3.8, 4) is 11.5 Å². The van der Waals surface area contributed by atoms with Crippen LogP contribution in [0.4, 0.5) is 10.9 Å². The van der Waals surface area contributed by atoms with Crippen LogP contribution in [0.15, 0.2) is 12.1 Å². The number of thiazole rings is 1. The summed E-state index contributed by atoms with van der Waals surface area (Å²) in [6, 6.07) is 3.46. The summed E-state index contributed by atoms with van der Waals surface area (Å²) >= 11 is 7.26. The molecule has 0 saturated heterocycles. The molecule has 0 fully saturated rings. The molecule has 0 spiro atoms. The number of hydrogen-bond donors (Lipinski definition) is 1. The Balaban J connectivity index is 2.02. The van der Waals surface area contributed by atoms with Gasteiger partial charge < -0.3 is 19.5 Å². The zero-order chi connectivity index (χ0) is 20.4. The minimum atomic E-state index is -0.407. The van der Waals surface area contributed by atoms with Crippen LogP contribution in [0.2, 0.25) is 5.28 Å². The fourth-order valence-corrected chi connectivity index (χ4v) is 3.55. The first kappa shape index (κ1) is 20.1. The maximum absolute atomic E-state index is 12.2. The molecule has 1 N–H and O–H groups in total. The molecule has 0 unspecified atom stereocenters. The van der Waals surface area contributed by atoms with Gasteiger partial charge in [-0.25, -0.2) is 14.8 Å². The van der Waals surface area contributed by atoms with E-state index >= 15 is 0 Å². The van der Waals surface area contributed by atoms with Crippen molar-refractivity contribution in [1.29, 1.82) is 0 Å².